The number of hydrogen-bond acceptors (Lipinski definition) is 4. The number of para-hydroxylation sites is 1. The van der Waals surface area contributed by atoms with E-state index in [0.29, 0.717) is 12.4 Å². The average Bonchev–Trinajstić information content (AvgIpc) is 3.37. The Morgan fingerprint density at radius 2 is 1.65 bits per heavy atom. The van der Waals surface area contributed by atoms with E-state index in [9.17, 15) is 4.79 Å². The lowest BCUT2D eigenvalue weighted by atomic mass is 9.77. The Morgan fingerprint density at radius 1 is 0.941 bits per heavy atom. The summed E-state index contributed by atoms with van der Waals surface area (Å²) in [6, 6.07) is 18.4. The van der Waals surface area contributed by atoms with Gasteiger partial charge in [-0.25, -0.2) is 9.97 Å². The maximum absolute atomic E-state index is 13.8. The molecule has 5 heteroatoms. The van der Waals surface area contributed by atoms with Crippen molar-refractivity contribution in [1.29, 1.82) is 0 Å². The van der Waals surface area contributed by atoms with Crippen molar-refractivity contribution in [3.63, 3.8) is 0 Å². The molecule has 0 atom stereocenters. The van der Waals surface area contributed by atoms with Gasteiger partial charge in [0.05, 0.1) is 17.5 Å². The van der Waals surface area contributed by atoms with Gasteiger partial charge in [0.1, 0.15) is 5.82 Å². The second-order valence-electron chi connectivity index (χ2n) is 9.66. The Hall–Kier alpha value is -2.95. The Balaban J connectivity index is 1.51. The number of rotatable bonds is 11. The predicted octanol–water partition coefficient (Wildman–Crippen LogP) is 6.48. The highest BCUT2D eigenvalue weighted by atomic mass is 16.2. The molecule has 1 aliphatic carbocycles. The molecule has 3 aromatic rings. The highest BCUT2D eigenvalue weighted by Crippen LogP contribution is 2.42. The number of carbonyl (C=O) groups is 1. The van der Waals surface area contributed by atoms with Crippen molar-refractivity contribution in [2.24, 2.45) is 0 Å². The van der Waals surface area contributed by atoms with Crippen molar-refractivity contribution in [1.82, 2.24) is 14.9 Å². The van der Waals surface area contributed by atoms with Gasteiger partial charge >= 0.3 is 0 Å². The molecule has 1 amide bonds. The monoisotopic (exact) mass is 458 g/mol. The van der Waals surface area contributed by atoms with Crippen LogP contribution in [0.5, 0.6) is 0 Å². The fourth-order valence-electron chi connectivity index (χ4n) is 5.28. The first-order valence-electron chi connectivity index (χ1n) is 12.9. The molecule has 0 radical (unpaired) electrons. The van der Waals surface area contributed by atoms with Crippen LogP contribution in [0.15, 0.2) is 54.6 Å². The SMILES string of the molecule is CCCCCCCNc1nc(CN(C)C(=O)C2(c3ccccc3)CCCC2)nc2ccccc12. The Morgan fingerprint density at radius 3 is 2.41 bits per heavy atom. The van der Waals surface area contributed by atoms with Crippen molar-refractivity contribution in [3.05, 3.63) is 66.0 Å². The molecule has 0 spiro atoms. The molecule has 180 valence electrons. The Bertz CT molecular complexity index is 1080. The fraction of sp³-hybridized carbons (Fsp3) is 0.483. The Kier molecular flexibility index (Phi) is 8.15. The first-order valence-corrected chi connectivity index (χ1v) is 12.9. The van der Waals surface area contributed by atoms with E-state index < -0.39 is 5.41 Å². The molecule has 1 aromatic heterocycles. The molecule has 0 saturated heterocycles. The molecule has 34 heavy (non-hydrogen) atoms. The molecule has 5 nitrogen and oxygen atoms in total. The van der Waals surface area contributed by atoms with Crippen LogP contribution in [0, 0.1) is 0 Å². The number of carbonyl (C=O) groups excluding carboxylic acids is 1. The molecular weight excluding hydrogens is 420 g/mol. The second kappa shape index (κ2) is 11.5. The molecule has 1 N–H and O–H groups in total. The maximum atomic E-state index is 13.8. The predicted molar refractivity (Wildman–Crippen MR) is 140 cm³/mol. The number of nitrogens with zero attached hydrogens (tertiary/aromatic N) is 3. The number of benzene rings is 2. The number of hydrogen-bond donors (Lipinski definition) is 1. The van der Waals surface area contributed by atoms with Crippen LogP contribution in [0.4, 0.5) is 5.82 Å². The lowest BCUT2D eigenvalue weighted by Crippen LogP contribution is -2.43. The van der Waals surface area contributed by atoms with Gasteiger partial charge in [-0.2, -0.15) is 0 Å². The molecule has 0 bridgehead atoms. The molecule has 1 heterocycles. The van der Waals surface area contributed by atoms with Crippen LogP contribution in [0.1, 0.15) is 76.1 Å². The van der Waals surface area contributed by atoms with Crippen molar-refractivity contribution < 1.29 is 4.79 Å². The van der Waals surface area contributed by atoms with Crippen LogP contribution in [0.25, 0.3) is 10.9 Å². The van der Waals surface area contributed by atoms with Crippen molar-refractivity contribution >= 4 is 22.6 Å². The van der Waals surface area contributed by atoms with Crippen LogP contribution < -0.4 is 5.32 Å². The highest BCUT2D eigenvalue weighted by molar-refractivity contribution is 5.90. The van der Waals surface area contributed by atoms with Gasteiger partial charge in [0, 0.05) is 19.0 Å². The Labute approximate surface area is 204 Å². The number of nitrogens with one attached hydrogen (secondary N) is 1. The summed E-state index contributed by atoms with van der Waals surface area (Å²) in [4.78, 5) is 25.3. The smallest absolute Gasteiger partial charge is 0.233 e. The van der Waals surface area contributed by atoms with Gasteiger partial charge in [-0.1, -0.05) is 87.9 Å². The van der Waals surface area contributed by atoms with Crippen LogP contribution in [0.3, 0.4) is 0 Å². The molecule has 1 fully saturated rings. The average molecular weight is 459 g/mol. The molecule has 0 unspecified atom stereocenters. The van der Waals surface area contributed by atoms with E-state index in [4.69, 9.17) is 9.97 Å². The number of anilines is 1. The van der Waals surface area contributed by atoms with Gasteiger partial charge in [0.25, 0.3) is 0 Å². The molecule has 1 saturated carbocycles. The first-order chi connectivity index (χ1) is 16.6. The van der Waals surface area contributed by atoms with Crippen LogP contribution in [-0.2, 0) is 16.8 Å². The summed E-state index contributed by atoms with van der Waals surface area (Å²) < 4.78 is 0. The van der Waals surface area contributed by atoms with Gasteiger partial charge in [-0.3, -0.25) is 4.79 Å². The summed E-state index contributed by atoms with van der Waals surface area (Å²) in [5, 5.41) is 4.57. The minimum atomic E-state index is -0.424. The summed E-state index contributed by atoms with van der Waals surface area (Å²) in [6.07, 6.45) is 10.2. The van der Waals surface area contributed by atoms with Crippen LogP contribution >= 0.6 is 0 Å². The zero-order valence-corrected chi connectivity index (χ0v) is 20.7. The van der Waals surface area contributed by atoms with Crippen LogP contribution in [0.2, 0.25) is 0 Å². The number of likely N-dealkylation sites (N-methyl/N-ethyl adjacent to an activating group) is 1. The minimum Gasteiger partial charge on any atom is -0.369 e. The van der Waals surface area contributed by atoms with Gasteiger partial charge < -0.3 is 10.2 Å². The van der Waals surface area contributed by atoms with E-state index in [-0.39, 0.29) is 5.91 Å². The number of aromatic nitrogens is 2. The van der Waals surface area contributed by atoms with E-state index in [1.807, 2.05) is 48.3 Å². The summed E-state index contributed by atoms with van der Waals surface area (Å²) in [7, 11) is 1.89. The van der Waals surface area contributed by atoms with E-state index in [1.165, 1.54) is 25.7 Å². The molecular formula is C29H38N4O. The molecule has 0 aliphatic heterocycles. The van der Waals surface area contributed by atoms with Gasteiger partial charge in [0.15, 0.2) is 5.82 Å². The van der Waals surface area contributed by atoms with Gasteiger partial charge in [-0.15, -0.1) is 0 Å². The van der Waals surface area contributed by atoms with Crippen LogP contribution in [-0.4, -0.2) is 34.4 Å². The van der Waals surface area contributed by atoms with E-state index in [1.54, 1.807) is 0 Å². The lowest BCUT2D eigenvalue weighted by Gasteiger charge is -2.32. The largest absolute Gasteiger partial charge is 0.369 e. The summed E-state index contributed by atoms with van der Waals surface area (Å²) in [5.41, 5.74) is 1.63. The minimum absolute atomic E-state index is 0.179. The molecule has 1 aliphatic rings. The summed E-state index contributed by atoms with van der Waals surface area (Å²) in [5.74, 6) is 1.73. The third-order valence-corrected chi connectivity index (χ3v) is 7.14. The standard InChI is InChI=1S/C29H38N4O/c1-3-4-5-6-14-21-30-27-24-17-10-11-18-25(24)31-26(32-27)22-33(2)28(34)29(19-12-13-20-29)23-15-8-7-9-16-23/h7-11,15-18H,3-6,12-14,19-22H2,1-2H3,(H,30,31,32). The quantitative estimate of drug-likeness (QED) is 0.334. The topological polar surface area (TPSA) is 58.1 Å². The molecule has 4 rings (SSSR count). The van der Waals surface area contributed by atoms with E-state index >= 15 is 0 Å². The zero-order valence-electron chi connectivity index (χ0n) is 20.7. The first kappa shape index (κ1) is 24.2. The van der Waals surface area contributed by atoms with Gasteiger partial charge in [0.2, 0.25) is 5.91 Å². The normalized spacial score (nSPS) is 14.9. The van der Waals surface area contributed by atoms with Crippen molar-refractivity contribution in [2.45, 2.75) is 76.7 Å². The van der Waals surface area contributed by atoms with E-state index in [0.717, 1.165) is 60.9 Å². The second-order valence-corrected chi connectivity index (χ2v) is 9.66. The van der Waals surface area contributed by atoms with Crippen molar-refractivity contribution in [2.75, 3.05) is 18.9 Å². The summed E-state index contributed by atoms with van der Waals surface area (Å²) in [6.45, 7) is 3.54. The third-order valence-electron chi connectivity index (χ3n) is 7.14. The maximum Gasteiger partial charge on any atom is 0.233 e. The number of fused-ring (bicyclic) bond motifs is 1. The summed E-state index contributed by atoms with van der Waals surface area (Å²) >= 11 is 0. The highest BCUT2D eigenvalue weighted by Gasteiger charge is 2.44. The van der Waals surface area contributed by atoms with Crippen molar-refractivity contribution in [3.8, 4) is 0 Å². The number of unbranched alkanes of at least 4 members (excludes halogenated alkanes) is 4. The van der Waals surface area contributed by atoms with Gasteiger partial charge in [-0.05, 0) is 37.0 Å². The fourth-order valence-corrected chi connectivity index (χ4v) is 5.28. The molecule has 2 aromatic carbocycles. The number of amides is 1. The zero-order chi connectivity index (χ0) is 23.8. The van der Waals surface area contributed by atoms with E-state index in [2.05, 4.69) is 30.4 Å². The lowest BCUT2D eigenvalue weighted by molar-refractivity contribution is -0.136. The third kappa shape index (κ3) is 5.40.